The molecule has 6 heteroatoms. The van der Waals surface area contributed by atoms with Crippen LogP contribution in [0.2, 0.25) is 0 Å². The number of nitrogens with zero attached hydrogens (tertiary/aromatic N) is 5. The topological polar surface area (TPSA) is 56.1 Å². The molecule has 22 heavy (non-hydrogen) atoms. The molecule has 0 aliphatic carbocycles. The van der Waals surface area contributed by atoms with Gasteiger partial charge in [0.15, 0.2) is 0 Å². The van der Waals surface area contributed by atoms with E-state index in [0.29, 0.717) is 5.56 Å². The van der Waals surface area contributed by atoms with Crippen LogP contribution in [0.15, 0.2) is 34.9 Å². The molecule has 1 aromatic heterocycles. The average molecular weight is 358 g/mol. The molecule has 0 radical (unpaired) electrons. The lowest BCUT2D eigenvalue weighted by molar-refractivity contribution is 0.645. The van der Waals surface area contributed by atoms with Gasteiger partial charge in [0.1, 0.15) is 17.7 Å². The summed E-state index contributed by atoms with van der Waals surface area (Å²) in [5, 5.41) is 9.31. The molecule has 1 aliphatic rings. The molecular weight excluding hydrogens is 342 g/mol. The van der Waals surface area contributed by atoms with Gasteiger partial charge in [-0.15, -0.1) is 0 Å². The first-order chi connectivity index (χ1) is 10.7. The van der Waals surface area contributed by atoms with Crippen molar-refractivity contribution in [2.24, 2.45) is 0 Å². The second kappa shape index (κ2) is 6.32. The van der Waals surface area contributed by atoms with Crippen molar-refractivity contribution >= 4 is 27.4 Å². The molecule has 0 N–H and O–H groups in total. The van der Waals surface area contributed by atoms with Gasteiger partial charge in [-0.25, -0.2) is 9.97 Å². The number of piperazine rings is 1. The van der Waals surface area contributed by atoms with Crippen LogP contribution >= 0.6 is 15.9 Å². The van der Waals surface area contributed by atoms with Gasteiger partial charge in [0.05, 0.1) is 11.3 Å². The highest BCUT2D eigenvalue weighted by atomic mass is 79.9. The molecule has 0 saturated carbocycles. The van der Waals surface area contributed by atoms with E-state index in [1.54, 1.807) is 6.20 Å². The molecule has 3 rings (SSSR count). The van der Waals surface area contributed by atoms with E-state index in [9.17, 15) is 5.26 Å². The fourth-order valence-electron chi connectivity index (χ4n) is 2.67. The quantitative estimate of drug-likeness (QED) is 0.826. The Morgan fingerprint density at radius 1 is 1.14 bits per heavy atom. The summed E-state index contributed by atoms with van der Waals surface area (Å²) in [7, 11) is 0. The van der Waals surface area contributed by atoms with Crippen molar-refractivity contribution in [1.29, 1.82) is 5.26 Å². The van der Waals surface area contributed by atoms with Gasteiger partial charge >= 0.3 is 0 Å². The van der Waals surface area contributed by atoms with Crippen molar-refractivity contribution in [2.75, 3.05) is 36.0 Å². The number of anilines is 2. The molecule has 2 aromatic rings. The number of rotatable bonds is 2. The van der Waals surface area contributed by atoms with Crippen molar-refractivity contribution in [1.82, 2.24) is 9.97 Å². The summed E-state index contributed by atoms with van der Waals surface area (Å²) in [6, 6.07) is 10.1. The predicted octanol–water partition coefficient (Wildman–Crippen LogP) is 2.75. The van der Waals surface area contributed by atoms with Crippen molar-refractivity contribution in [3.63, 3.8) is 0 Å². The van der Waals surface area contributed by atoms with Crippen LogP contribution in [0, 0.1) is 18.3 Å². The SMILES string of the molecule is Cc1nccc(N2CCN(c3ccc(Br)cc3C#N)CC2)n1. The van der Waals surface area contributed by atoms with E-state index in [4.69, 9.17) is 0 Å². The molecule has 112 valence electrons. The molecule has 0 spiro atoms. The smallest absolute Gasteiger partial charge is 0.132 e. The number of hydrogen-bond donors (Lipinski definition) is 0. The predicted molar refractivity (Wildman–Crippen MR) is 90.1 cm³/mol. The zero-order chi connectivity index (χ0) is 15.5. The Morgan fingerprint density at radius 3 is 2.55 bits per heavy atom. The molecule has 2 heterocycles. The molecule has 1 aromatic carbocycles. The normalized spacial score (nSPS) is 14.8. The maximum atomic E-state index is 9.31. The minimum atomic E-state index is 0.709. The monoisotopic (exact) mass is 357 g/mol. The van der Waals surface area contributed by atoms with E-state index in [1.165, 1.54) is 0 Å². The molecule has 0 unspecified atom stereocenters. The van der Waals surface area contributed by atoms with Crippen LogP contribution < -0.4 is 9.80 Å². The Morgan fingerprint density at radius 2 is 1.86 bits per heavy atom. The fraction of sp³-hybridized carbons (Fsp3) is 0.312. The van der Waals surface area contributed by atoms with Gasteiger partial charge in [0.25, 0.3) is 0 Å². The van der Waals surface area contributed by atoms with Crippen molar-refractivity contribution in [3.8, 4) is 6.07 Å². The van der Waals surface area contributed by atoms with Crippen molar-refractivity contribution < 1.29 is 0 Å². The van der Waals surface area contributed by atoms with E-state index >= 15 is 0 Å². The summed E-state index contributed by atoms with van der Waals surface area (Å²) in [6.07, 6.45) is 1.80. The van der Waals surface area contributed by atoms with E-state index in [0.717, 1.165) is 48.0 Å². The number of aromatic nitrogens is 2. The summed E-state index contributed by atoms with van der Waals surface area (Å²) in [4.78, 5) is 13.1. The van der Waals surface area contributed by atoms with Crippen LogP contribution in [-0.4, -0.2) is 36.1 Å². The van der Waals surface area contributed by atoms with E-state index in [2.05, 4.69) is 41.8 Å². The molecule has 1 saturated heterocycles. The Balaban J connectivity index is 1.73. The summed E-state index contributed by atoms with van der Waals surface area (Å²) >= 11 is 3.42. The molecule has 0 amide bonds. The van der Waals surface area contributed by atoms with Crippen LogP contribution in [0.1, 0.15) is 11.4 Å². The highest BCUT2D eigenvalue weighted by Crippen LogP contribution is 2.25. The number of nitriles is 1. The standard InChI is InChI=1S/C16H16BrN5/c1-12-19-5-4-16(20-12)22-8-6-21(7-9-22)15-3-2-14(17)10-13(15)11-18/h2-5,10H,6-9H2,1H3. The van der Waals surface area contributed by atoms with Gasteiger partial charge in [-0.05, 0) is 31.2 Å². The number of hydrogen-bond acceptors (Lipinski definition) is 5. The van der Waals surface area contributed by atoms with Gasteiger partial charge in [0, 0.05) is 36.8 Å². The fourth-order valence-corrected chi connectivity index (χ4v) is 3.03. The lowest BCUT2D eigenvalue weighted by Crippen LogP contribution is -2.47. The van der Waals surface area contributed by atoms with Crippen LogP contribution in [0.25, 0.3) is 0 Å². The summed E-state index contributed by atoms with van der Waals surface area (Å²) in [5.41, 5.74) is 1.71. The van der Waals surface area contributed by atoms with Gasteiger partial charge in [0.2, 0.25) is 0 Å². The summed E-state index contributed by atoms with van der Waals surface area (Å²) in [5.74, 6) is 1.77. The maximum Gasteiger partial charge on any atom is 0.132 e. The molecule has 5 nitrogen and oxygen atoms in total. The zero-order valence-corrected chi connectivity index (χ0v) is 13.9. The maximum absolute atomic E-state index is 9.31. The van der Waals surface area contributed by atoms with E-state index in [1.807, 2.05) is 31.2 Å². The third-order valence-corrected chi connectivity index (χ3v) is 4.28. The Hall–Kier alpha value is -2.13. The molecular formula is C16H16BrN5. The van der Waals surface area contributed by atoms with Gasteiger partial charge in [-0.2, -0.15) is 5.26 Å². The lowest BCUT2D eigenvalue weighted by atomic mass is 10.1. The van der Waals surface area contributed by atoms with E-state index < -0.39 is 0 Å². The number of halogens is 1. The minimum Gasteiger partial charge on any atom is -0.367 e. The third kappa shape index (κ3) is 3.04. The van der Waals surface area contributed by atoms with Crippen LogP contribution in [0.3, 0.4) is 0 Å². The third-order valence-electron chi connectivity index (χ3n) is 3.78. The first-order valence-electron chi connectivity index (χ1n) is 7.16. The molecule has 0 bridgehead atoms. The van der Waals surface area contributed by atoms with Crippen LogP contribution in [0.4, 0.5) is 11.5 Å². The number of benzene rings is 1. The first kappa shape index (κ1) is 14.8. The van der Waals surface area contributed by atoms with E-state index in [-0.39, 0.29) is 0 Å². The minimum absolute atomic E-state index is 0.709. The second-order valence-electron chi connectivity index (χ2n) is 5.21. The van der Waals surface area contributed by atoms with Crippen LogP contribution in [0.5, 0.6) is 0 Å². The van der Waals surface area contributed by atoms with Gasteiger partial charge < -0.3 is 9.80 Å². The Bertz CT molecular complexity index is 717. The highest BCUT2D eigenvalue weighted by molar-refractivity contribution is 9.10. The summed E-state index contributed by atoms with van der Waals surface area (Å²) in [6.45, 7) is 5.42. The summed E-state index contributed by atoms with van der Waals surface area (Å²) < 4.78 is 0.933. The van der Waals surface area contributed by atoms with Crippen LogP contribution in [-0.2, 0) is 0 Å². The lowest BCUT2D eigenvalue weighted by Gasteiger charge is -2.37. The van der Waals surface area contributed by atoms with Gasteiger partial charge in [-0.3, -0.25) is 0 Å². The second-order valence-corrected chi connectivity index (χ2v) is 6.13. The first-order valence-corrected chi connectivity index (χ1v) is 7.96. The largest absolute Gasteiger partial charge is 0.367 e. The number of aryl methyl sites for hydroxylation is 1. The van der Waals surface area contributed by atoms with Gasteiger partial charge in [-0.1, -0.05) is 15.9 Å². The molecule has 1 fully saturated rings. The zero-order valence-electron chi connectivity index (χ0n) is 12.3. The molecule has 1 aliphatic heterocycles. The van der Waals surface area contributed by atoms with Crippen molar-refractivity contribution in [3.05, 3.63) is 46.3 Å². The molecule has 0 atom stereocenters. The van der Waals surface area contributed by atoms with Crippen molar-refractivity contribution in [2.45, 2.75) is 6.92 Å². The Kier molecular flexibility index (Phi) is 4.25. The highest BCUT2D eigenvalue weighted by Gasteiger charge is 2.20. The Labute approximate surface area is 138 Å². The average Bonchev–Trinajstić information content (AvgIpc) is 2.55.